The number of ether oxygens (including phenoxy) is 3. The molecule has 6 heteroatoms. The minimum absolute atomic E-state index is 0.298. The summed E-state index contributed by atoms with van der Waals surface area (Å²) in [6.07, 6.45) is 0. The highest BCUT2D eigenvalue weighted by Gasteiger charge is 2.17. The Morgan fingerprint density at radius 2 is 1.89 bits per heavy atom. The van der Waals surface area contributed by atoms with Crippen LogP contribution in [0.5, 0.6) is 11.5 Å². The summed E-state index contributed by atoms with van der Waals surface area (Å²) in [5, 5.41) is 0. The van der Waals surface area contributed by atoms with E-state index in [1.165, 1.54) is 7.11 Å². The predicted octanol–water partition coefficient (Wildman–Crippen LogP) is 1.56. The van der Waals surface area contributed by atoms with Crippen molar-refractivity contribution in [2.75, 3.05) is 37.6 Å². The van der Waals surface area contributed by atoms with E-state index in [4.69, 9.17) is 15.2 Å². The average Bonchev–Trinajstić information content (AvgIpc) is 2.48. The van der Waals surface area contributed by atoms with Crippen LogP contribution < -0.4 is 15.2 Å². The second-order valence-electron chi connectivity index (χ2n) is 3.69. The number of esters is 1. The maximum absolute atomic E-state index is 11.5. The van der Waals surface area contributed by atoms with Crippen molar-refractivity contribution in [1.82, 2.24) is 0 Å². The number of nitrogen functional groups attached to an aromatic ring is 1. The van der Waals surface area contributed by atoms with Crippen LogP contribution in [0.2, 0.25) is 0 Å². The van der Waals surface area contributed by atoms with Crippen molar-refractivity contribution < 1.29 is 19.0 Å². The molecule has 2 rings (SSSR count). The van der Waals surface area contributed by atoms with Gasteiger partial charge in [0.15, 0.2) is 11.5 Å². The lowest BCUT2D eigenvalue weighted by Gasteiger charge is -2.13. The number of anilines is 1. The summed E-state index contributed by atoms with van der Waals surface area (Å²) in [6.45, 7) is 1.17. The molecular weight excluding hydrogens is 254 g/mol. The van der Waals surface area contributed by atoms with E-state index in [-0.39, 0.29) is 0 Å². The summed E-state index contributed by atoms with van der Waals surface area (Å²) in [5.74, 6) is 2.42. The van der Waals surface area contributed by atoms with Crippen LogP contribution in [-0.2, 0) is 4.74 Å². The zero-order chi connectivity index (χ0) is 13.0. The van der Waals surface area contributed by atoms with E-state index in [1.807, 2.05) is 0 Å². The first-order chi connectivity index (χ1) is 8.72. The van der Waals surface area contributed by atoms with Gasteiger partial charge in [-0.3, -0.25) is 0 Å². The van der Waals surface area contributed by atoms with Crippen molar-refractivity contribution >= 4 is 23.4 Å². The maximum atomic E-state index is 11.5. The molecule has 0 unspecified atom stereocenters. The average molecular weight is 269 g/mol. The Balaban J connectivity index is 2.35. The highest BCUT2D eigenvalue weighted by molar-refractivity contribution is 7.99. The van der Waals surface area contributed by atoms with Gasteiger partial charge < -0.3 is 19.9 Å². The lowest BCUT2D eigenvalue weighted by molar-refractivity contribution is 0.0601. The van der Waals surface area contributed by atoms with Gasteiger partial charge in [0.05, 0.1) is 31.6 Å². The third kappa shape index (κ3) is 2.81. The molecule has 0 saturated heterocycles. The van der Waals surface area contributed by atoms with Gasteiger partial charge in [0.2, 0.25) is 0 Å². The topological polar surface area (TPSA) is 70.8 Å². The van der Waals surface area contributed by atoms with E-state index in [1.54, 1.807) is 23.9 Å². The zero-order valence-electron chi connectivity index (χ0n) is 10.1. The molecule has 1 aromatic rings. The molecular formula is C12H15NO4S. The molecule has 2 N–H and O–H groups in total. The van der Waals surface area contributed by atoms with Crippen LogP contribution in [0.3, 0.4) is 0 Å². The summed E-state index contributed by atoms with van der Waals surface area (Å²) in [6, 6.07) is 3.18. The van der Waals surface area contributed by atoms with Gasteiger partial charge in [0.25, 0.3) is 0 Å². The standard InChI is InChI=1S/C12H15NO4S/c1-15-12(14)8-6-10-11(7-9(8)13)17-3-5-18-4-2-16-10/h6-7H,2-5,13H2,1H3. The van der Waals surface area contributed by atoms with Crippen molar-refractivity contribution in [3.8, 4) is 11.5 Å². The monoisotopic (exact) mass is 269 g/mol. The number of thioether (sulfide) groups is 1. The summed E-state index contributed by atoms with van der Waals surface area (Å²) < 4.78 is 15.8. The first kappa shape index (κ1) is 12.9. The predicted molar refractivity (Wildman–Crippen MR) is 70.5 cm³/mol. The zero-order valence-corrected chi connectivity index (χ0v) is 10.9. The second kappa shape index (κ2) is 5.86. The Bertz CT molecular complexity index is 450. The molecule has 0 fully saturated rings. The third-order valence-corrected chi connectivity index (χ3v) is 3.40. The van der Waals surface area contributed by atoms with Crippen molar-refractivity contribution in [2.45, 2.75) is 0 Å². The molecule has 0 bridgehead atoms. The quantitative estimate of drug-likeness (QED) is 0.616. The normalized spacial score (nSPS) is 15.2. The SMILES string of the molecule is COC(=O)c1cc2c(cc1N)OCCSCCO2. The number of fused-ring (bicyclic) bond motifs is 1. The number of carbonyl (C=O) groups excluding carboxylic acids is 1. The number of hydrogen-bond donors (Lipinski definition) is 1. The highest BCUT2D eigenvalue weighted by atomic mass is 32.2. The smallest absolute Gasteiger partial charge is 0.340 e. The minimum atomic E-state index is -0.479. The van der Waals surface area contributed by atoms with Crippen molar-refractivity contribution in [1.29, 1.82) is 0 Å². The van der Waals surface area contributed by atoms with Gasteiger partial charge in [-0.2, -0.15) is 11.8 Å². The van der Waals surface area contributed by atoms with Crippen LogP contribution in [0, 0.1) is 0 Å². The molecule has 0 atom stereocenters. The Hall–Kier alpha value is -1.56. The molecule has 5 nitrogen and oxygen atoms in total. The van der Waals surface area contributed by atoms with Gasteiger partial charge in [-0.05, 0) is 0 Å². The molecule has 98 valence electrons. The van der Waals surface area contributed by atoms with Crippen molar-refractivity contribution in [3.05, 3.63) is 17.7 Å². The fraction of sp³-hybridized carbons (Fsp3) is 0.417. The third-order valence-electron chi connectivity index (χ3n) is 2.49. The molecule has 0 amide bonds. The Labute approximate surface area is 110 Å². The minimum Gasteiger partial charge on any atom is -0.489 e. The second-order valence-corrected chi connectivity index (χ2v) is 4.91. The number of carbonyl (C=O) groups is 1. The van der Waals surface area contributed by atoms with E-state index >= 15 is 0 Å². The van der Waals surface area contributed by atoms with E-state index in [2.05, 4.69) is 4.74 Å². The van der Waals surface area contributed by atoms with Crippen molar-refractivity contribution in [2.24, 2.45) is 0 Å². The molecule has 0 radical (unpaired) electrons. The molecule has 0 aliphatic carbocycles. The molecule has 1 heterocycles. The molecule has 1 aromatic carbocycles. The Morgan fingerprint density at radius 1 is 1.28 bits per heavy atom. The number of methoxy groups -OCH3 is 1. The summed E-state index contributed by atoms with van der Waals surface area (Å²) in [5.41, 5.74) is 6.44. The number of benzene rings is 1. The number of hydrogen-bond acceptors (Lipinski definition) is 6. The van der Waals surface area contributed by atoms with E-state index < -0.39 is 5.97 Å². The molecule has 18 heavy (non-hydrogen) atoms. The summed E-state index contributed by atoms with van der Waals surface area (Å²) in [7, 11) is 1.32. The Kier molecular flexibility index (Phi) is 4.19. The largest absolute Gasteiger partial charge is 0.489 e. The molecule has 1 aliphatic rings. The van der Waals surface area contributed by atoms with Gasteiger partial charge in [0, 0.05) is 23.6 Å². The molecule has 1 aliphatic heterocycles. The molecule has 0 spiro atoms. The van der Waals surface area contributed by atoms with E-state index in [9.17, 15) is 4.79 Å². The molecule has 0 saturated carbocycles. The summed E-state index contributed by atoms with van der Waals surface area (Å²) >= 11 is 1.76. The van der Waals surface area contributed by atoms with E-state index in [0.29, 0.717) is 36.0 Å². The fourth-order valence-corrected chi connectivity index (χ4v) is 2.22. The Morgan fingerprint density at radius 3 is 2.50 bits per heavy atom. The van der Waals surface area contributed by atoms with Crippen LogP contribution >= 0.6 is 11.8 Å². The first-order valence-corrected chi connectivity index (χ1v) is 6.73. The van der Waals surface area contributed by atoms with Gasteiger partial charge in [-0.1, -0.05) is 0 Å². The van der Waals surface area contributed by atoms with Crippen molar-refractivity contribution in [3.63, 3.8) is 0 Å². The van der Waals surface area contributed by atoms with Crippen LogP contribution in [-0.4, -0.2) is 37.8 Å². The van der Waals surface area contributed by atoms with Crippen LogP contribution in [0.25, 0.3) is 0 Å². The maximum Gasteiger partial charge on any atom is 0.340 e. The first-order valence-electron chi connectivity index (χ1n) is 5.57. The van der Waals surface area contributed by atoms with Gasteiger partial charge in [-0.15, -0.1) is 0 Å². The van der Waals surface area contributed by atoms with Crippen LogP contribution in [0.4, 0.5) is 5.69 Å². The van der Waals surface area contributed by atoms with Gasteiger partial charge in [0.1, 0.15) is 0 Å². The van der Waals surface area contributed by atoms with Gasteiger partial charge >= 0.3 is 5.97 Å². The van der Waals surface area contributed by atoms with Crippen LogP contribution in [0.15, 0.2) is 12.1 Å². The summed E-state index contributed by atoms with van der Waals surface area (Å²) in [4.78, 5) is 11.5. The highest BCUT2D eigenvalue weighted by Crippen LogP contribution is 2.33. The van der Waals surface area contributed by atoms with E-state index in [0.717, 1.165) is 11.5 Å². The van der Waals surface area contributed by atoms with Crippen LogP contribution in [0.1, 0.15) is 10.4 Å². The number of rotatable bonds is 1. The lowest BCUT2D eigenvalue weighted by Crippen LogP contribution is -2.08. The molecule has 0 aromatic heterocycles. The number of nitrogens with two attached hydrogens (primary N) is 1. The fourth-order valence-electron chi connectivity index (χ4n) is 1.61. The van der Waals surface area contributed by atoms with Gasteiger partial charge in [-0.25, -0.2) is 4.79 Å². The lowest BCUT2D eigenvalue weighted by atomic mass is 10.1.